The number of Topliss-reactive ketones (excluding diaryl/α,β-unsaturated/α-hetero) is 5. The lowest BCUT2D eigenvalue weighted by Crippen LogP contribution is -2.57. The Bertz CT molecular complexity index is 3900. The highest BCUT2D eigenvalue weighted by Gasteiger charge is 2.83. The summed E-state index contributed by atoms with van der Waals surface area (Å²) in [6.45, 7) is 28.2. The highest BCUT2D eigenvalue weighted by atomic mass is 16.7. The van der Waals surface area contributed by atoms with Gasteiger partial charge in [0.25, 0.3) is 0 Å². The molecule has 19 aliphatic rings. The van der Waals surface area contributed by atoms with Crippen LogP contribution in [0.2, 0.25) is 0 Å². The van der Waals surface area contributed by atoms with Crippen molar-refractivity contribution in [2.24, 2.45) is 35.5 Å². The monoisotopic (exact) mass is 1590 g/mol. The molecule has 0 bridgehead atoms. The van der Waals surface area contributed by atoms with Gasteiger partial charge < -0.3 is 85.4 Å². The van der Waals surface area contributed by atoms with Crippen LogP contribution in [0.1, 0.15) is 197 Å². The maximum Gasteiger partial charge on any atom is 0.225 e. The zero-order chi connectivity index (χ0) is 80.9. The minimum absolute atomic E-state index is 0.0248. The number of amides is 1. The highest BCUT2D eigenvalue weighted by molar-refractivity contribution is 5.93. The van der Waals surface area contributed by atoms with Crippen LogP contribution < -0.4 is 0 Å². The van der Waals surface area contributed by atoms with E-state index in [1.165, 1.54) is 42.4 Å². The summed E-state index contributed by atoms with van der Waals surface area (Å²) in [7, 11) is 8.06. The van der Waals surface area contributed by atoms with E-state index in [2.05, 4.69) is 99.6 Å². The van der Waals surface area contributed by atoms with Gasteiger partial charge >= 0.3 is 0 Å². The minimum Gasteiger partial charge on any atom is -0.373 e. The Hall–Kier alpha value is -4.42. The number of nitrogens with zero attached hydrogens (tertiary/aromatic N) is 1. The van der Waals surface area contributed by atoms with Gasteiger partial charge in [-0.15, -0.1) is 0 Å². The molecule has 1 aromatic rings. The molecule has 24 nitrogen and oxygen atoms in total. The first-order valence-electron chi connectivity index (χ1n) is 42.7. The highest BCUT2D eigenvalue weighted by Crippen LogP contribution is 2.66. The molecule has 114 heavy (non-hydrogen) atoms. The maximum absolute atomic E-state index is 13.3. The molecule has 0 aromatic heterocycles. The van der Waals surface area contributed by atoms with Gasteiger partial charge in [-0.05, 0) is 172 Å². The van der Waals surface area contributed by atoms with Crippen molar-refractivity contribution < 1.29 is 109 Å². The lowest BCUT2D eigenvalue weighted by atomic mass is 9.64. The Balaban J connectivity index is 0.000000108. The number of fused-ring (bicyclic) bond motifs is 2. The zero-order valence-electron chi connectivity index (χ0n) is 70.3. The largest absolute Gasteiger partial charge is 0.373 e. The summed E-state index contributed by atoms with van der Waals surface area (Å²) >= 11 is 0. The molecule has 0 radical (unpaired) electrons. The van der Waals surface area contributed by atoms with Crippen LogP contribution >= 0.6 is 0 Å². The van der Waals surface area contributed by atoms with Crippen molar-refractivity contribution in [3.8, 4) is 0 Å². The first-order valence-corrected chi connectivity index (χ1v) is 42.7. The van der Waals surface area contributed by atoms with E-state index in [1.54, 1.807) is 41.1 Å². The van der Waals surface area contributed by atoms with Crippen LogP contribution in [0, 0.1) is 35.5 Å². The van der Waals surface area contributed by atoms with E-state index < -0.39 is 29.5 Å². The van der Waals surface area contributed by atoms with Gasteiger partial charge in [-0.1, -0.05) is 65.3 Å². The summed E-state index contributed by atoms with van der Waals surface area (Å²) in [5.74, 6) is 0.676. The number of likely N-dealkylation sites (tertiary alicyclic amines) is 1. The fourth-order valence-corrected chi connectivity index (χ4v) is 22.8. The van der Waals surface area contributed by atoms with Crippen molar-refractivity contribution in [1.29, 1.82) is 0 Å². The van der Waals surface area contributed by atoms with Crippen LogP contribution in [0.5, 0.6) is 0 Å². The van der Waals surface area contributed by atoms with Crippen molar-refractivity contribution in [3.63, 3.8) is 0 Å². The molecule has 1 aromatic carbocycles. The van der Waals surface area contributed by atoms with Gasteiger partial charge in [0.1, 0.15) is 98.7 Å². The number of carbonyl (C=O) groups excluding carboxylic acids is 6. The second-order valence-corrected chi connectivity index (χ2v) is 38.6. The lowest BCUT2D eigenvalue weighted by Gasteiger charge is -2.41. The Morgan fingerprint density at radius 2 is 0.868 bits per heavy atom. The molecule has 13 aliphatic heterocycles. The number of epoxide rings is 12. The molecule has 4 unspecified atom stereocenters. The summed E-state index contributed by atoms with van der Waals surface area (Å²) in [5.41, 5.74) is 2.20. The molecule has 0 N–H and O–H groups in total. The number of rotatable bonds is 22. The summed E-state index contributed by atoms with van der Waals surface area (Å²) < 4.78 is 98.5. The number of ether oxygens (including phenoxy) is 17. The predicted molar refractivity (Wildman–Crippen MR) is 414 cm³/mol. The Morgan fingerprint density at radius 3 is 1.29 bits per heavy atom. The third-order valence-corrected chi connectivity index (χ3v) is 30.3. The first kappa shape index (κ1) is 83.2. The normalized spacial score (nSPS) is 47.5. The van der Waals surface area contributed by atoms with Gasteiger partial charge in [0.2, 0.25) is 5.91 Å². The zero-order valence-corrected chi connectivity index (χ0v) is 70.3. The number of benzene rings is 1. The summed E-state index contributed by atoms with van der Waals surface area (Å²) in [6, 6.07) is 10.2. The van der Waals surface area contributed by atoms with Gasteiger partial charge in [0, 0.05) is 80.2 Å². The molecule has 13 heterocycles. The van der Waals surface area contributed by atoms with E-state index in [9.17, 15) is 28.8 Å². The Kier molecular flexibility index (Phi) is 22.4. The number of ketones is 5. The second kappa shape index (κ2) is 30.6. The van der Waals surface area contributed by atoms with E-state index in [-0.39, 0.29) is 182 Å². The van der Waals surface area contributed by atoms with Crippen LogP contribution in [-0.2, 0) is 116 Å². The molecule has 29 atom stereocenters. The van der Waals surface area contributed by atoms with E-state index >= 15 is 0 Å². The fraction of sp³-hybridized carbons (Fsp3) is 0.800. The van der Waals surface area contributed by atoms with E-state index in [4.69, 9.17) is 80.5 Å². The number of allylic oxidation sites excluding steroid dienone is 3. The van der Waals surface area contributed by atoms with Crippen LogP contribution in [0.4, 0.5) is 0 Å². The van der Waals surface area contributed by atoms with Gasteiger partial charge in [0.05, 0.1) is 111 Å². The average molecular weight is 1590 g/mol. The molecular weight excluding hydrogens is 1460 g/mol. The van der Waals surface area contributed by atoms with Gasteiger partial charge in [-0.3, -0.25) is 28.8 Å². The van der Waals surface area contributed by atoms with Crippen LogP contribution in [0.3, 0.4) is 0 Å². The first-order chi connectivity index (χ1) is 54.2. The van der Waals surface area contributed by atoms with Crippen LogP contribution in [0.25, 0.3) is 0 Å². The van der Waals surface area contributed by atoms with Gasteiger partial charge in [-0.2, -0.15) is 0 Å². The number of hydrogen-bond acceptors (Lipinski definition) is 23. The molecule has 6 saturated carbocycles. The molecule has 630 valence electrons. The van der Waals surface area contributed by atoms with Crippen molar-refractivity contribution in [3.05, 3.63) is 70.8 Å². The van der Waals surface area contributed by atoms with E-state index in [0.29, 0.717) is 45.5 Å². The number of carbonyl (C=O) groups is 6. The van der Waals surface area contributed by atoms with E-state index in [1.807, 2.05) is 30.0 Å². The molecule has 13 saturated heterocycles. The summed E-state index contributed by atoms with van der Waals surface area (Å²) in [5, 5.41) is 0. The lowest BCUT2D eigenvalue weighted by molar-refractivity contribution is -0.149. The van der Waals surface area contributed by atoms with Crippen molar-refractivity contribution in [1.82, 2.24) is 4.90 Å². The molecule has 19 fully saturated rings. The minimum atomic E-state index is -0.505. The molecule has 1 amide bonds. The molecule has 20 rings (SSSR count). The molecular formula is C90H127NO23. The standard InChI is InChI=1S/C23H30O4.C18H26O4.C17H25NO5.C16H22O6.C16H24O4/c1-15(2)10-11-18-22(3,27-18)21-20(25-4)19(24)17(13-23(21)14-26-23)12-16-8-6-5-7-9-16;1-17(14(22-17)8-7-12-5-3-4-6-12)16-15(20-2)13(19)9-10-18(16)11-21-18;1-16(12(23-16)9-13(20)18-7-3-4-8-18)15-14(21-2)11(19)5-6-17(15)10-22-17;1-14(2)7(21-14)5-8-15(3,22-8)12-10(18-4)9(17)11-13(20-11)16(12)6-19-16;1-10(2)5-6-12-15(3,20-12)14-13(18-4)11(17)7-8-16(14)9-19-16/h5-10,17-18,20-21H,11-14H2,1-4H3;7,14-16H,3-6,8-11H2,1-2H3;12,14-15H,3-10H2,1-2H3;7-8,10-13H,5-6H2,1-4H3;5,12-14H,6-9H2,1-4H3/t17?,18-,20-,21-,22-,23+;14-,15-,16-,17-,18+;12-,14-,15-,16-,17+;7?,8-,10-,11?,12-,13?,15-,16+;12-,13-,14-,15-,16+/m11111/s1. The molecule has 6 aliphatic carbocycles. The topological polar surface area (TPSA) is 302 Å². The van der Waals surface area contributed by atoms with Crippen molar-refractivity contribution in [2.45, 2.75) is 339 Å². The predicted octanol–water partition coefficient (Wildman–Crippen LogP) is 10.2. The molecule has 24 heteroatoms. The summed E-state index contributed by atoms with van der Waals surface area (Å²) in [4.78, 5) is 76.7. The fourth-order valence-electron chi connectivity index (χ4n) is 22.8. The molecule has 5 spiro atoms. The van der Waals surface area contributed by atoms with Gasteiger partial charge in [0.15, 0.2) is 28.9 Å². The van der Waals surface area contributed by atoms with E-state index in [0.717, 1.165) is 96.9 Å². The third-order valence-electron chi connectivity index (χ3n) is 30.3. The quantitative estimate of drug-likeness (QED) is 0.0769. The van der Waals surface area contributed by atoms with Crippen LogP contribution in [0.15, 0.2) is 65.3 Å². The maximum atomic E-state index is 13.3. The number of methoxy groups -OCH3 is 5. The SMILES string of the molecule is CO[C@@H]1C(=O)C(Cc2ccccc2)C[C@]2(CO2)[C@H]1[C@]1(C)O[C@@H]1CC=C(C)C.CO[C@@H]1C(=O)C2OC2[C@]2(CO2)[C@H]1[C@]1(C)O[C@@H]1CC1OC1(C)C.CO[C@@H]1C(=O)CC[C@]2(CO2)[C@H]1[C@]1(C)O[C@@H]1CC(=O)N1CCCC1.CO[C@@H]1C(=O)CC[C@]2(CO2)[C@H]1[C@]1(C)O[C@@H]1CC=C(C)C.CO[C@@H]1C(=O)CC[C@]2(CO2)[C@H]1[C@]1(C)O[C@@H]1CC=C1CCCC1. The Labute approximate surface area is 673 Å². The van der Waals surface area contributed by atoms with Gasteiger partial charge in [-0.25, -0.2) is 0 Å². The Morgan fingerprint density at radius 1 is 0.465 bits per heavy atom. The third kappa shape index (κ3) is 15.5. The average Bonchev–Trinajstić information content (AvgIpc) is 1.50. The summed E-state index contributed by atoms with van der Waals surface area (Å²) in [6.07, 6.45) is 21.7. The van der Waals surface area contributed by atoms with Crippen molar-refractivity contribution >= 4 is 34.8 Å². The second-order valence-electron chi connectivity index (χ2n) is 38.6. The van der Waals surface area contributed by atoms with Crippen molar-refractivity contribution in [2.75, 3.05) is 81.7 Å². The number of hydrogen-bond donors (Lipinski definition) is 0. The van der Waals surface area contributed by atoms with Crippen LogP contribution in [-0.4, -0.2) is 262 Å². The smallest absolute Gasteiger partial charge is 0.225 e.